The largest absolute Gasteiger partial charge is 0.328 e. The molecule has 1 aromatic carbocycles. The van der Waals surface area contributed by atoms with E-state index in [1.54, 1.807) is 12.1 Å². The van der Waals surface area contributed by atoms with Crippen molar-refractivity contribution in [1.82, 2.24) is 4.90 Å². The van der Waals surface area contributed by atoms with Crippen molar-refractivity contribution in [3.63, 3.8) is 0 Å². The summed E-state index contributed by atoms with van der Waals surface area (Å²) in [6.45, 7) is 2.19. The Morgan fingerprint density at radius 3 is 2.62 bits per heavy atom. The van der Waals surface area contributed by atoms with Crippen molar-refractivity contribution in [3.8, 4) is 0 Å². The Balaban J connectivity index is 2.01. The number of nitrogens with zero attached hydrogens (tertiary/aromatic N) is 1. The summed E-state index contributed by atoms with van der Waals surface area (Å²) < 4.78 is 26.4. The van der Waals surface area contributed by atoms with Gasteiger partial charge in [-0.1, -0.05) is 12.1 Å². The molecule has 1 aliphatic heterocycles. The van der Waals surface area contributed by atoms with E-state index in [9.17, 15) is 8.78 Å². The zero-order chi connectivity index (χ0) is 11.5. The number of rotatable bonds is 2. The second-order valence-electron chi connectivity index (χ2n) is 4.33. The van der Waals surface area contributed by atoms with Crippen molar-refractivity contribution in [2.24, 2.45) is 5.73 Å². The van der Waals surface area contributed by atoms with Gasteiger partial charge in [0, 0.05) is 18.2 Å². The minimum absolute atomic E-state index is 0.258. The molecule has 16 heavy (non-hydrogen) atoms. The third kappa shape index (κ3) is 2.57. The number of benzene rings is 1. The molecule has 0 aliphatic carbocycles. The summed E-state index contributed by atoms with van der Waals surface area (Å²) in [5.74, 6) is -1.50. The lowest BCUT2D eigenvalue weighted by atomic mass is 10.1. The van der Waals surface area contributed by atoms with Crippen LogP contribution in [0.4, 0.5) is 8.78 Å². The van der Waals surface area contributed by atoms with E-state index in [4.69, 9.17) is 5.73 Å². The van der Waals surface area contributed by atoms with Gasteiger partial charge in [-0.3, -0.25) is 4.90 Å². The summed E-state index contributed by atoms with van der Waals surface area (Å²) in [5, 5.41) is 0. The Hall–Kier alpha value is -1.00. The minimum Gasteiger partial charge on any atom is -0.328 e. The molecular weight excluding hydrogens is 210 g/mol. The maximum absolute atomic E-state index is 13.4. The predicted molar refractivity (Wildman–Crippen MR) is 58.8 cm³/mol. The summed E-state index contributed by atoms with van der Waals surface area (Å²) in [4.78, 5) is 2.11. The molecule has 1 heterocycles. The highest BCUT2D eigenvalue weighted by Crippen LogP contribution is 2.16. The van der Waals surface area contributed by atoms with Gasteiger partial charge in [0.1, 0.15) is 0 Å². The molecule has 1 aromatic rings. The molecule has 0 atom stereocenters. The van der Waals surface area contributed by atoms with Gasteiger partial charge in [0.25, 0.3) is 0 Å². The fourth-order valence-electron chi connectivity index (χ4n) is 2.02. The summed E-state index contributed by atoms with van der Waals surface area (Å²) in [6.07, 6.45) is 1.86. The van der Waals surface area contributed by atoms with E-state index in [1.807, 2.05) is 0 Å². The maximum atomic E-state index is 13.4. The molecule has 0 unspecified atom stereocenters. The van der Waals surface area contributed by atoms with Crippen molar-refractivity contribution in [2.45, 2.75) is 25.4 Å². The number of nitrogens with two attached hydrogens (primary N) is 1. The first-order chi connectivity index (χ1) is 7.66. The van der Waals surface area contributed by atoms with Crippen LogP contribution in [0.5, 0.6) is 0 Å². The van der Waals surface area contributed by atoms with E-state index in [-0.39, 0.29) is 6.04 Å². The number of halogens is 2. The zero-order valence-electron chi connectivity index (χ0n) is 9.13. The lowest BCUT2D eigenvalue weighted by Gasteiger charge is -2.30. The smallest absolute Gasteiger partial charge is 0.163 e. The first-order valence-corrected chi connectivity index (χ1v) is 5.57. The SMILES string of the molecule is NC1CCN(Cc2cccc(F)c2F)CC1. The monoisotopic (exact) mass is 226 g/mol. The van der Waals surface area contributed by atoms with Crippen LogP contribution in [-0.4, -0.2) is 24.0 Å². The molecule has 0 bridgehead atoms. The second kappa shape index (κ2) is 4.89. The Labute approximate surface area is 94.0 Å². The normalized spacial score (nSPS) is 18.9. The number of piperidine rings is 1. The lowest BCUT2D eigenvalue weighted by Crippen LogP contribution is -2.39. The van der Waals surface area contributed by atoms with Gasteiger partial charge >= 0.3 is 0 Å². The fraction of sp³-hybridized carbons (Fsp3) is 0.500. The van der Waals surface area contributed by atoms with Crippen molar-refractivity contribution in [1.29, 1.82) is 0 Å². The van der Waals surface area contributed by atoms with E-state index >= 15 is 0 Å². The third-order valence-corrected chi connectivity index (χ3v) is 3.06. The average molecular weight is 226 g/mol. The summed E-state index contributed by atoms with van der Waals surface area (Å²) in [7, 11) is 0. The molecular formula is C12H16F2N2. The molecule has 1 saturated heterocycles. The molecule has 0 saturated carbocycles. The van der Waals surface area contributed by atoms with Crippen molar-refractivity contribution >= 4 is 0 Å². The number of likely N-dealkylation sites (tertiary alicyclic amines) is 1. The Kier molecular flexibility index (Phi) is 3.51. The van der Waals surface area contributed by atoms with Crippen LogP contribution >= 0.6 is 0 Å². The van der Waals surface area contributed by atoms with E-state index in [1.165, 1.54) is 0 Å². The van der Waals surface area contributed by atoms with Gasteiger partial charge in [-0.2, -0.15) is 0 Å². The molecule has 88 valence electrons. The summed E-state index contributed by atoms with van der Waals surface area (Å²) in [6, 6.07) is 4.58. The fourth-order valence-corrected chi connectivity index (χ4v) is 2.02. The van der Waals surface area contributed by atoms with Crippen LogP contribution in [-0.2, 0) is 6.54 Å². The van der Waals surface area contributed by atoms with E-state index in [2.05, 4.69) is 4.90 Å². The molecule has 4 heteroatoms. The molecule has 1 aliphatic rings. The van der Waals surface area contributed by atoms with E-state index < -0.39 is 11.6 Å². The van der Waals surface area contributed by atoms with Crippen LogP contribution < -0.4 is 5.73 Å². The molecule has 2 N–H and O–H groups in total. The van der Waals surface area contributed by atoms with Crippen LogP contribution in [0.25, 0.3) is 0 Å². The second-order valence-corrected chi connectivity index (χ2v) is 4.33. The topological polar surface area (TPSA) is 29.3 Å². The van der Waals surface area contributed by atoms with Gasteiger partial charge in [-0.05, 0) is 32.0 Å². The van der Waals surface area contributed by atoms with Crippen molar-refractivity contribution < 1.29 is 8.78 Å². The van der Waals surface area contributed by atoms with Gasteiger partial charge in [-0.25, -0.2) is 8.78 Å². The van der Waals surface area contributed by atoms with Crippen LogP contribution in [0.15, 0.2) is 18.2 Å². The molecule has 0 radical (unpaired) electrons. The zero-order valence-corrected chi connectivity index (χ0v) is 9.13. The van der Waals surface area contributed by atoms with Crippen molar-refractivity contribution in [2.75, 3.05) is 13.1 Å². The van der Waals surface area contributed by atoms with E-state index in [0.29, 0.717) is 12.1 Å². The molecule has 2 nitrogen and oxygen atoms in total. The van der Waals surface area contributed by atoms with Crippen LogP contribution in [0.2, 0.25) is 0 Å². The van der Waals surface area contributed by atoms with Gasteiger partial charge in [-0.15, -0.1) is 0 Å². The maximum Gasteiger partial charge on any atom is 0.163 e. The molecule has 0 aromatic heterocycles. The standard InChI is InChI=1S/C12H16F2N2/c13-11-3-1-2-9(12(11)14)8-16-6-4-10(15)5-7-16/h1-3,10H,4-8,15H2. The molecule has 0 amide bonds. The summed E-state index contributed by atoms with van der Waals surface area (Å²) in [5.41, 5.74) is 6.21. The Bertz CT molecular complexity index is 360. The highest BCUT2D eigenvalue weighted by atomic mass is 19.2. The summed E-state index contributed by atoms with van der Waals surface area (Å²) >= 11 is 0. The predicted octanol–water partition coefficient (Wildman–Crippen LogP) is 1.89. The van der Waals surface area contributed by atoms with Gasteiger partial charge in [0.2, 0.25) is 0 Å². The highest BCUT2D eigenvalue weighted by molar-refractivity contribution is 5.18. The molecule has 0 spiro atoms. The van der Waals surface area contributed by atoms with E-state index in [0.717, 1.165) is 32.0 Å². The Morgan fingerprint density at radius 1 is 1.25 bits per heavy atom. The van der Waals surface area contributed by atoms with Crippen molar-refractivity contribution in [3.05, 3.63) is 35.4 Å². The Morgan fingerprint density at radius 2 is 1.94 bits per heavy atom. The first kappa shape index (κ1) is 11.5. The first-order valence-electron chi connectivity index (χ1n) is 5.57. The minimum atomic E-state index is -0.772. The van der Waals surface area contributed by atoms with Gasteiger partial charge in [0.15, 0.2) is 11.6 Å². The lowest BCUT2D eigenvalue weighted by molar-refractivity contribution is 0.203. The van der Waals surface area contributed by atoms with Crippen LogP contribution in [0.1, 0.15) is 18.4 Å². The average Bonchev–Trinajstić information content (AvgIpc) is 2.28. The van der Waals surface area contributed by atoms with Gasteiger partial charge in [0.05, 0.1) is 0 Å². The molecule has 2 rings (SSSR count). The molecule has 1 fully saturated rings. The highest BCUT2D eigenvalue weighted by Gasteiger charge is 2.17. The van der Waals surface area contributed by atoms with Crippen LogP contribution in [0, 0.1) is 11.6 Å². The van der Waals surface area contributed by atoms with Crippen LogP contribution in [0.3, 0.4) is 0 Å². The number of hydrogen-bond donors (Lipinski definition) is 1. The third-order valence-electron chi connectivity index (χ3n) is 3.06. The van der Waals surface area contributed by atoms with Gasteiger partial charge < -0.3 is 5.73 Å². The number of hydrogen-bond acceptors (Lipinski definition) is 2. The quantitative estimate of drug-likeness (QED) is 0.834.